The summed E-state index contributed by atoms with van der Waals surface area (Å²) in [4.78, 5) is 0. The lowest BCUT2D eigenvalue weighted by Gasteiger charge is -2.11. The first-order valence-corrected chi connectivity index (χ1v) is 7.06. The maximum atomic E-state index is 13.8. The maximum absolute atomic E-state index is 13.8. The van der Waals surface area contributed by atoms with E-state index >= 15 is 0 Å². The fourth-order valence-electron chi connectivity index (χ4n) is 2.33. The molecule has 0 aromatic heterocycles. The maximum Gasteiger partial charge on any atom is 0.143 e. The number of hydrogen-bond acceptors (Lipinski definition) is 3. The molecular formula is C15H11Cl2FN2O. The smallest absolute Gasteiger partial charge is 0.143 e. The van der Waals surface area contributed by atoms with E-state index < -0.39 is 0 Å². The predicted molar refractivity (Wildman–Crippen MR) is 81.6 cm³/mol. The number of hydrogen-bond donors (Lipinski definition) is 2. The van der Waals surface area contributed by atoms with Crippen molar-refractivity contribution < 1.29 is 9.50 Å². The molecule has 1 aliphatic heterocycles. The summed E-state index contributed by atoms with van der Waals surface area (Å²) in [6, 6.07) is 9.29. The van der Waals surface area contributed by atoms with Gasteiger partial charge >= 0.3 is 0 Å². The molecule has 0 saturated heterocycles. The molecule has 0 bridgehead atoms. The molecule has 3 rings (SSSR count). The number of benzene rings is 2. The molecule has 2 aromatic rings. The summed E-state index contributed by atoms with van der Waals surface area (Å²) in [6.45, 7) is 0. The Kier molecular flexibility index (Phi) is 3.74. The van der Waals surface area contributed by atoms with Crippen molar-refractivity contribution in [1.29, 1.82) is 0 Å². The standard InChI is InChI=1S/C15H11Cl2FN2O/c16-8-5-10(15(21)11(17)6-8)14-7-13(19-20-14)9-3-1-2-4-12(9)18/h1-6,13,19,21H,7H2/t13-/m0/s1. The number of hydrazone groups is 1. The minimum Gasteiger partial charge on any atom is -0.506 e. The van der Waals surface area contributed by atoms with Crippen LogP contribution in [0.1, 0.15) is 23.6 Å². The molecule has 0 amide bonds. The van der Waals surface area contributed by atoms with Crippen LogP contribution in [-0.4, -0.2) is 10.8 Å². The Morgan fingerprint density at radius 1 is 1.24 bits per heavy atom. The summed E-state index contributed by atoms with van der Waals surface area (Å²) < 4.78 is 13.8. The molecule has 1 aliphatic rings. The Bertz CT molecular complexity index is 734. The average Bonchev–Trinajstić information content (AvgIpc) is 2.92. The summed E-state index contributed by atoms with van der Waals surface area (Å²) in [6.07, 6.45) is 0.436. The molecule has 3 nitrogen and oxygen atoms in total. The van der Waals surface area contributed by atoms with Crippen molar-refractivity contribution in [2.45, 2.75) is 12.5 Å². The van der Waals surface area contributed by atoms with E-state index in [9.17, 15) is 9.50 Å². The lowest BCUT2D eigenvalue weighted by molar-refractivity contribution is 0.474. The van der Waals surface area contributed by atoms with E-state index in [0.29, 0.717) is 28.3 Å². The molecule has 2 aromatic carbocycles. The van der Waals surface area contributed by atoms with E-state index in [1.165, 1.54) is 12.1 Å². The van der Waals surface area contributed by atoms with Gasteiger partial charge in [0.1, 0.15) is 11.6 Å². The Hall–Kier alpha value is -1.78. The number of phenolic OH excluding ortho intramolecular Hbond substituents is 1. The third-order valence-electron chi connectivity index (χ3n) is 3.37. The number of rotatable bonds is 2. The number of aromatic hydroxyl groups is 1. The first-order chi connectivity index (χ1) is 10.1. The van der Waals surface area contributed by atoms with Crippen molar-refractivity contribution in [2.24, 2.45) is 5.10 Å². The highest BCUT2D eigenvalue weighted by atomic mass is 35.5. The van der Waals surface area contributed by atoms with Gasteiger partial charge in [0.05, 0.1) is 16.8 Å². The number of halogens is 3. The highest BCUT2D eigenvalue weighted by molar-refractivity contribution is 6.36. The van der Waals surface area contributed by atoms with Crippen molar-refractivity contribution in [2.75, 3.05) is 0 Å². The Labute approximate surface area is 131 Å². The fourth-order valence-corrected chi connectivity index (χ4v) is 2.83. The first-order valence-electron chi connectivity index (χ1n) is 6.31. The van der Waals surface area contributed by atoms with E-state index in [1.807, 2.05) is 0 Å². The van der Waals surface area contributed by atoms with Gasteiger partial charge in [0.25, 0.3) is 0 Å². The zero-order valence-electron chi connectivity index (χ0n) is 10.8. The third kappa shape index (κ3) is 2.69. The van der Waals surface area contributed by atoms with Crippen LogP contribution in [0.25, 0.3) is 0 Å². The SMILES string of the molecule is Oc1c(Cl)cc(Cl)cc1C1=NN[C@H](c2ccccc2F)C1. The van der Waals surface area contributed by atoms with Gasteiger partial charge in [0.2, 0.25) is 0 Å². The van der Waals surface area contributed by atoms with Crippen molar-refractivity contribution in [1.82, 2.24) is 5.43 Å². The van der Waals surface area contributed by atoms with Gasteiger partial charge in [-0.15, -0.1) is 0 Å². The molecule has 0 unspecified atom stereocenters. The van der Waals surface area contributed by atoms with Gasteiger partial charge in [-0.2, -0.15) is 5.10 Å². The summed E-state index contributed by atoms with van der Waals surface area (Å²) in [7, 11) is 0. The lowest BCUT2D eigenvalue weighted by Crippen LogP contribution is -2.11. The first kappa shape index (κ1) is 14.2. The summed E-state index contributed by atoms with van der Waals surface area (Å²) in [5.74, 6) is -0.365. The summed E-state index contributed by atoms with van der Waals surface area (Å²) in [5, 5.41) is 14.8. The molecule has 0 spiro atoms. The molecule has 0 fully saturated rings. The predicted octanol–water partition coefficient (Wildman–Crippen LogP) is 4.28. The molecule has 1 heterocycles. The van der Waals surface area contributed by atoms with Crippen molar-refractivity contribution in [3.05, 3.63) is 63.4 Å². The quantitative estimate of drug-likeness (QED) is 0.866. The zero-order chi connectivity index (χ0) is 15.0. The van der Waals surface area contributed by atoms with Crippen molar-refractivity contribution in [3.8, 4) is 5.75 Å². The van der Waals surface area contributed by atoms with Crippen molar-refractivity contribution >= 4 is 28.9 Å². The molecule has 6 heteroatoms. The molecule has 0 radical (unpaired) electrons. The largest absolute Gasteiger partial charge is 0.506 e. The Balaban J connectivity index is 1.90. The second kappa shape index (κ2) is 5.54. The van der Waals surface area contributed by atoms with E-state index in [4.69, 9.17) is 23.2 Å². The molecule has 108 valence electrons. The van der Waals surface area contributed by atoms with E-state index in [1.54, 1.807) is 24.3 Å². The van der Waals surface area contributed by atoms with Crippen LogP contribution in [0, 0.1) is 5.82 Å². The Morgan fingerprint density at radius 3 is 2.76 bits per heavy atom. The van der Waals surface area contributed by atoms with E-state index in [0.717, 1.165) is 0 Å². The number of nitrogens with one attached hydrogen (secondary N) is 1. The second-order valence-electron chi connectivity index (χ2n) is 4.75. The number of phenols is 1. The fraction of sp³-hybridized carbons (Fsp3) is 0.133. The summed E-state index contributed by atoms with van der Waals surface area (Å²) in [5.41, 5.74) is 4.46. The number of nitrogens with zero attached hydrogens (tertiary/aromatic N) is 1. The van der Waals surface area contributed by atoms with Gasteiger partial charge < -0.3 is 10.5 Å². The van der Waals surface area contributed by atoms with Gasteiger partial charge in [-0.25, -0.2) is 4.39 Å². The van der Waals surface area contributed by atoms with Crippen molar-refractivity contribution in [3.63, 3.8) is 0 Å². The summed E-state index contributed by atoms with van der Waals surface area (Å²) >= 11 is 11.9. The molecule has 1 atom stereocenters. The van der Waals surface area contributed by atoms with E-state index in [2.05, 4.69) is 10.5 Å². The zero-order valence-corrected chi connectivity index (χ0v) is 12.3. The molecule has 21 heavy (non-hydrogen) atoms. The van der Waals surface area contributed by atoms with Gasteiger partial charge in [-0.1, -0.05) is 41.4 Å². The molecule has 0 saturated carbocycles. The van der Waals surface area contributed by atoms with Crippen LogP contribution < -0.4 is 5.43 Å². The van der Waals surface area contributed by atoms with Crippen LogP contribution in [-0.2, 0) is 0 Å². The van der Waals surface area contributed by atoms with Gasteiger partial charge in [0.15, 0.2) is 0 Å². The second-order valence-corrected chi connectivity index (χ2v) is 5.59. The molecule has 2 N–H and O–H groups in total. The van der Waals surface area contributed by atoms with Gasteiger partial charge in [0, 0.05) is 22.6 Å². The minimum atomic E-state index is -0.292. The highest BCUT2D eigenvalue weighted by Gasteiger charge is 2.25. The van der Waals surface area contributed by atoms with Crippen LogP contribution in [0.4, 0.5) is 4.39 Å². The molecule has 0 aliphatic carbocycles. The van der Waals surface area contributed by atoms with Crippen LogP contribution in [0.5, 0.6) is 5.75 Å². The van der Waals surface area contributed by atoms with Crippen LogP contribution >= 0.6 is 23.2 Å². The van der Waals surface area contributed by atoms with Gasteiger partial charge in [-0.3, -0.25) is 0 Å². The normalized spacial score (nSPS) is 17.5. The lowest BCUT2D eigenvalue weighted by atomic mass is 9.98. The minimum absolute atomic E-state index is 0.0733. The Morgan fingerprint density at radius 2 is 2.00 bits per heavy atom. The molecular weight excluding hydrogens is 314 g/mol. The van der Waals surface area contributed by atoms with Crippen LogP contribution in [0.3, 0.4) is 0 Å². The van der Waals surface area contributed by atoms with Gasteiger partial charge in [-0.05, 0) is 18.2 Å². The monoisotopic (exact) mass is 324 g/mol. The van der Waals surface area contributed by atoms with Crippen LogP contribution in [0.2, 0.25) is 10.0 Å². The third-order valence-corrected chi connectivity index (χ3v) is 3.88. The van der Waals surface area contributed by atoms with Crippen LogP contribution in [0.15, 0.2) is 41.5 Å². The highest BCUT2D eigenvalue weighted by Crippen LogP contribution is 2.35. The topological polar surface area (TPSA) is 44.6 Å². The van der Waals surface area contributed by atoms with E-state index in [-0.39, 0.29) is 22.6 Å². The average molecular weight is 325 g/mol.